The van der Waals surface area contributed by atoms with E-state index in [1.54, 1.807) is 7.11 Å². The molecule has 0 radical (unpaired) electrons. The van der Waals surface area contributed by atoms with Gasteiger partial charge in [0.1, 0.15) is 5.75 Å². The Labute approximate surface area is 123 Å². The highest BCUT2D eigenvalue weighted by Crippen LogP contribution is 2.36. The van der Waals surface area contributed by atoms with Crippen LogP contribution in [0.2, 0.25) is 5.02 Å². The molecule has 20 heavy (non-hydrogen) atoms. The van der Waals surface area contributed by atoms with Crippen LogP contribution in [0, 0.1) is 0 Å². The first-order chi connectivity index (χ1) is 9.40. The van der Waals surface area contributed by atoms with Crippen molar-refractivity contribution in [2.75, 3.05) is 7.11 Å². The fraction of sp³-hybridized carbons (Fsp3) is 0.294. The number of aromatic nitrogens is 1. The van der Waals surface area contributed by atoms with Gasteiger partial charge in [-0.2, -0.15) is 0 Å². The molecule has 104 valence electrons. The molecule has 0 fully saturated rings. The maximum atomic E-state index is 6.45. The van der Waals surface area contributed by atoms with Crippen LogP contribution in [0.3, 0.4) is 0 Å². The number of aromatic amines is 1. The lowest BCUT2D eigenvalue weighted by Crippen LogP contribution is -2.10. The first kappa shape index (κ1) is 13.3. The Bertz CT molecular complexity index is 796. The second-order valence-corrected chi connectivity index (χ2v) is 6.57. The minimum atomic E-state index is 0.0773. The van der Waals surface area contributed by atoms with Crippen molar-refractivity contribution in [3.63, 3.8) is 0 Å². The third kappa shape index (κ3) is 2.04. The molecule has 2 nitrogen and oxygen atoms in total. The Morgan fingerprint density at radius 2 is 1.80 bits per heavy atom. The first-order valence-electron chi connectivity index (χ1n) is 6.69. The van der Waals surface area contributed by atoms with Crippen molar-refractivity contribution in [1.82, 2.24) is 4.98 Å². The molecule has 0 spiro atoms. The number of benzene rings is 2. The maximum absolute atomic E-state index is 6.45. The summed E-state index contributed by atoms with van der Waals surface area (Å²) in [5.41, 5.74) is 3.36. The Kier molecular flexibility index (Phi) is 2.94. The van der Waals surface area contributed by atoms with E-state index in [0.717, 1.165) is 21.8 Å². The fourth-order valence-corrected chi connectivity index (χ4v) is 2.77. The number of nitrogens with one attached hydrogen (secondary N) is 1. The van der Waals surface area contributed by atoms with Crippen molar-refractivity contribution in [1.29, 1.82) is 0 Å². The maximum Gasteiger partial charge on any atom is 0.120 e. The summed E-state index contributed by atoms with van der Waals surface area (Å²) in [6, 6.07) is 10.3. The van der Waals surface area contributed by atoms with E-state index in [4.69, 9.17) is 16.3 Å². The predicted octanol–water partition coefficient (Wildman–Crippen LogP) is 5.28. The highest BCUT2D eigenvalue weighted by atomic mass is 35.5. The van der Waals surface area contributed by atoms with E-state index in [2.05, 4.69) is 44.0 Å². The number of H-pyrrole nitrogens is 1. The summed E-state index contributed by atoms with van der Waals surface area (Å²) in [5, 5.41) is 3.11. The Morgan fingerprint density at radius 1 is 1.05 bits per heavy atom. The molecule has 0 saturated heterocycles. The van der Waals surface area contributed by atoms with Crippen LogP contribution in [0.15, 0.2) is 30.3 Å². The smallest absolute Gasteiger partial charge is 0.120 e. The van der Waals surface area contributed by atoms with Gasteiger partial charge in [0, 0.05) is 16.8 Å². The molecule has 0 aliphatic heterocycles. The van der Waals surface area contributed by atoms with Crippen molar-refractivity contribution in [2.24, 2.45) is 0 Å². The lowest BCUT2D eigenvalue weighted by Gasteiger charge is -2.19. The lowest BCUT2D eigenvalue weighted by molar-refractivity contribution is 0.415. The molecule has 1 heterocycles. The van der Waals surface area contributed by atoms with E-state index in [9.17, 15) is 0 Å². The van der Waals surface area contributed by atoms with Gasteiger partial charge in [-0.1, -0.05) is 32.4 Å². The zero-order chi connectivity index (χ0) is 14.5. The van der Waals surface area contributed by atoms with Crippen molar-refractivity contribution < 1.29 is 4.74 Å². The summed E-state index contributed by atoms with van der Waals surface area (Å²) < 4.78 is 5.27. The van der Waals surface area contributed by atoms with Crippen molar-refractivity contribution in [3.8, 4) is 5.75 Å². The van der Waals surface area contributed by atoms with Crippen LogP contribution >= 0.6 is 11.6 Å². The minimum absolute atomic E-state index is 0.0773. The van der Waals surface area contributed by atoms with Gasteiger partial charge < -0.3 is 9.72 Å². The zero-order valence-electron chi connectivity index (χ0n) is 12.2. The highest BCUT2D eigenvalue weighted by Gasteiger charge is 2.17. The van der Waals surface area contributed by atoms with E-state index >= 15 is 0 Å². The lowest BCUT2D eigenvalue weighted by atomic mass is 9.86. The van der Waals surface area contributed by atoms with Gasteiger partial charge in [0.25, 0.3) is 0 Å². The zero-order valence-corrected chi connectivity index (χ0v) is 12.9. The normalized spacial score (nSPS) is 12.2. The van der Waals surface area contributed by atoms with Gasteiger partial charge in [-0.15, -0.1) is 0 Å². The largest absolute Gasteiger partial charge is 0.497 e. The van der Waals surface area contributed by atoms with Crippen LogP contribution in [0.4, 0.5) is 0 Å². The van der Waals surface area contributed by atoms with Gasteiger partial charge in [-0.05, 0) is 35.2 Å². The summed E-state index contributed by atoms with van der Waals surface area (Å²) in [6.45, 7) is 6.59. The van der Waals surface area contributed by atoms with E-state index in [-0.39, 0.29) is 5.41 Å². The van der Waals surface area contributed by atoms with Crippen LogP contribution in [-0.2, 0) is 5.41 Å². The molecule has 2 aromatic carbocycles. The van der Waals surface area contributed by atoms with Gasteiger partial charge >= 0.3 is 0 Å². The fourth-order valence-electron chi connectivity index (χ4n) is 2.50. The molecule has 0 bridgehead atoms. The third-order valence-corrected chi connectivity index (χ3v) is 4.03. The molecule has 1 aromatic heterocycles. The number of hydrogen-bond acceptors (Lipinski definition) is 1. The van der Waals surface area contributed by atoms with Crippen molar-refractivity contribution >= 4 is 33.4 Å². The second kappa shape index (κ2) is 4.42. The minimum Gasteiger partial charge on any atom is -0.497 e. The van der Waals surface area contributed by atoms with Gasteiger partial charge in [0.15, 0.2) is 0 Å². The molecule has 0 aliphatic rings. The molecule has 0 aliphatic carbocycles. The van der Waals surface area contributed by atoms with Gasteiger partial charge in [-0.3, -0.25) is 0 Å². The number of methoxy groups -OCH3 is 1. The number of halogens is 1. The van der Waals surface area contributed by atoms with Crippen molar-refractivity contribution in [2.45, 2.75) is 26.2 Å². The molecule has 0 amide bonds. The van der Waals surface area contributed by atoms with E-state index in [1.165, 1.54) is 16.3 Å². The summed E-state index contributed by atoms with van der Waals surface area (Å²) in [4.78, 5) is 3.39. The summed E-state index contributed by atoms with van der Waals surface area (Å²) in [6.07, 6.45) is 0. The van der Waals surface area contributed by atoms with Crippen LogP contribution in [0.25, 0.3) is 21.8 Å². The highest BCUT2D eigenvalue weighted by molar-refractivity contribution is 6.36. The standard InChI is InChI=1S/C17H18ClNO/c1-17(2,3)10-7-13-12-6-5-11(20-4)9-15(12)19-16(13)14(18)8-10/h5-9,19H,1-4H3. The van der Waals surface area contributed by atoms with Crippen molar-refractivity contribution in [3.05, 3.63) is 40.9 Å². The molecule has 0 unspecified atom stereocenters. The summed E-state index contributed by atoms with van der Waals surface area (Å²) in [7, 11) is 1.68. The molecule has 3 heteroatoms. The molecule has 1 N–H and O–H groups in total. The monoisotopic (exact) mass is 287 g/mol. The van der Waals surface area contributed by atoms with Crippen LogP contribution < -0.4 is 4.74 Å². The average Bonchev–Trinajstić information content (AvgIpc) is 2.76. The topological polar surface area (TPSA) is 25.0 Å². The molecule has 3 aromatic rings. The SMILES string of the molecule is COc1ccc2c(c1)[nH]c1c(Cl)cc(C(C)(C)C)cc12. The van der Waals surface area contributed by atoms with Crippen LogP contribution in [-0.4, -0.2) is 12.1 Å². The molecule has 0 atom stereocenters. The van der Waals surface area contributed by atoms with E-state index in [1.807, 2.05) is 12.1 Å². The second-order valence-electron chi connectivity index (χ2n) is 6.17. The third-order valence-electron chi connectivity index (χ3n) is 3.73. The summed E-state index contributed by atoms with van der Waals surface area (Å²) >= 11 is 6.45. The predicted molar refractivity (Wildman–Crippen MR) is 86.1 cm³/mol. The molecule has 3 rings (SSSR count). The van der Waals surface area contributed by atoms with E-state index in [0.29, 0.717) is 0 Å². The number of hydrogen-bond donors (Lipinski definition) is 1. The quantitative estimate of drug-likeness (QED) is 0.647. The molecule has 0 saturated carbocycles. The number of ether oxygens (including phenoxy) is 1. The first-order valence-corrected chi connectivity index (χ1v) is 7.07. The van der Waals surface area contributed by atoms with Gasteiger partial charge in [0.05, 0.1) is 23.2 Å². The van der Waals surface area contributed by atoms with E-state index < -0.39 is 0 Å². The molecular formula is C17H18ClNO. The van der Waals surface area contributed by atoms with Crippen LogP contribution in [0.1, 0.15) is 26.3 Å². The summed E-state index contributed by atoms with van der Waals surface area (Å²) in [5.74, 6) is 0.844. The average molecular weight is 288 g/mol. The number of fused-ring (bicyclic) bond motifs is 3. The Morgan fingerprint density at radius 3 is 2.45 bits per heavy atom. The molecular weight excluding hydrogens is 270 g/mol. The van der Waals surface area contributed by atoms with Gasteiger partial charge in [-0.25, -0.2) is 0 Å². The Hall–Kier alpha value is -1.67. The van der Waals surface area contributed by atoms with Crippen LogP contribution in [0.5, 0.6) is 5.75 Å². The Balaban J connectivity index is 2.37. The van der Waals surface area contributed by atoms with Gasteiger partial charge in [0.2, 0.25) is 0 Å². The number of rotatable bonds is 1.